The monoisotopic (exact) mass is 263 g/mol. The highest BCUT2D eigenvalue weighted by Gasteiger charge is 2.25. The minimum absolute atomic E-state index is 0.416. The van der Waals surface area contributed by atoms with Crippen molar-refractivity contribution in [3.63, 3.8) is 0 Å². The molecule has 1 aromatic heterocycles. The second kappa shape index (κ2) is 6.24. The normalized spacial score (nSPS) is 19.2. The fraction of sp³-hybridized carbons (Fsp3) is 0.667. The van der Waals surface area contributed by atoms with Gasteiger partial charge in [0.2, 0.25) is 0 Å². The van der Waals surface area contributed by atoms with Crippen molar-refractivity contribution in [2.24, 2.45) is 0 Å². The summed E-state index contributed by atoms with van der Waals surface area (Å²) < 4.78 is 5.42. The number of nitrogens with zero attached hydrogens (tertiary/aromatic N) is 2. The van der Waals surface area contributed by atoms with Gasteiger partial charge in [-0.3, -0.25) is 0 Å². The molecule has 1 N–H and O–H groups in total. The van der Waals surface area contributed by atoms with E-state index in [1.54, 1.807) is 7.11 Å². The lowest BCUT2D eigenvalue weighted by Crippen LogP contribution is -2.37. The Balaban J connectivity index is 2.29. The Labute approximate surface area is 116 Å². The van der Waals surface area contributed by atoms with Crippen LogP contribution in [-0.2, 0) is 0 Å². The SMILES string of the molecule is CNCC1CCCN1c1cc(OC)cc(C(C)C)n1. The van der Waals surface area contributed by atoms with Crippen molar-refractivity contribution in [2.75, 3.05) is 32.1 Å². The number of nitrogens with one attached hydrogen (secondary N) is 1. The van der Waals surface area contributed by atoms with Crippen molar-refractivity contribution in [1.29, 1.82) is 0 Å². The van der Waals surface area contributed by atoms with E-state index in [0.29, 0.717) is 12.0 Å². The first-order chi connectivity index (χ1) is 9.15. The summed E-state index contributed by atoms with van der Waals surface area (Å²) in [5, 5.41) is 3.27. The molecule has 106 valence electrons. The van der Waals surface area contributed by atoms with Gasteiger partial charge in [0, 0.05) is 37.0 Å². The molecule has 1 saturated heterocycles. The third-order valence-corrected chi connectivity index (χ3v) is 3.74. The quantitative estimate of drug-likeness (QED) is 0.885. The summed E-state index contributed by atoms with van der Waals surface area (Å²) in [5.41, 5.74) is 1.10. The molecule has 1 fully saturated rings. The van der Waals surface area contributed by atoms with E-state index >= 15 is 0 Å². The maximum absolute atomic E-state index is 5.42. The van der Waals surface area contributed by atoms with Crippen molar-refractivity contribution in [1.82, 2.24) is 10.3 Å². The number of likely N-dealkylation sites (N-methyl/N-ethyl adjacent to an activating group) is 1. The van der Waals surface area contributed by atoms with Gasteiger partial charge in [0.1, 0.15) is 11.6 Å². The van der Waals surface area contributed by atoms with Gasteiger partial charge in [0.05, 0.1) is 7.11 Å². The largest absolute Gasteiger partial charge is 0.497 e. The summed E-state index contributed by atoms with van der Waals surface area (Å²) >= 11 is 0. The predicted octanol–water partition coefficient (Wildman–Crippen LogP) is 2.40. The molecular weight excluding hydrogens is 238 g/mol. The van der Waals surface area contributed by atoms with Gasteiger partial charge < -0.3 is 15.0 Å². The number of hydrogen-bond acceptors (Lipinski definition) is 4. The molecule has 0 radical (unpaired) electrons. The molecule has 0 bridgehead atoms. The van der Waals surface area contributed by atoms with E-state index in [1.165, 1.54) is 12.8 Å². The maximum atomic E-state index is 5.42. The van der Waals surface area contributed by atoms with E-state index < -0.39 is 0 Å². The Morgan fingerprint density at radius 2 is 2.26 bits per heavy atom. The van der Waals surface area contributed by atoms with Crippen molar-refractivity contribution in [3.05, 3.63) is 17.8 Å². The average Bonchev–Trinajstić information content (AvgIpc) is 2.87. The van der Waals surface area contributed by atoms with E-state index in [4.69, 9.17) is 9.72 Å². The summed E-state index contributed by atoms with van der Waals surface area (Å²) in [6.45, 7) is 6.43. The molecule has 1 unspecified atom stereocenters. The van der Waals surface area contributed by atoms with E-state index in [2.05, 4.69) is 30.1 Å². The van der Waals surface area contributed by atoms with Gasteiger partial charge >= 0.3 is 0 Å². The molecule has 0 amide bonds. The molecule has 4 heteroatoms. The van der Waals surface area contributed by atoms with E-state index in [-0.39, 0.29) is 0 Å². The number of pyridine rings is 1. The number of ether oxygens (including phenoxy) is 1. The Kier molecular flexibility index (Phi) is 4.64. The zero-order valence-electron chi connectivity index (χ0n) is 12.4. The molecule has 1 atom stereocenters. The Morgan fingerprint density at radius 3 is 2.89 bits per heavy atom. The van der Waals surface area contributed by atoms with E-state index in [9.17, 15) is 0 Å². The third kappa shape index (κ3) is 3.18. The van der Waals surface area contributed by atoms with Gasteiger partial charge in [-0.25, -0.2) is 4.98 Å². The highest BCUT2D eigenvalue weighted by Crippen LogP contribution is 2.29. The molecule has 0 spiro atoms. The van der Waals surface area contributed by atoms with Crippen LogP contribution in [0.3, 0.4) is 0 Å². The Hall–Kier alpha value is -1.29. The third-order valence-electron chi connectivity index (χ3n) is 3.74. The highest BCUT2D eigenvalue weighted by molar-refractivity contribution is 5.47. The molecule has 4 nitrogen and oxygen atoms in total. The van der Waals surface area contributed by atoms with Crippen LogP contribution in [0.5, 0.6) is 5.75 Å². The van der Waals surface area contributed by atoms with Crippen LogP contribution in [0.1, 0.15) is 38.3 Å². The van der Waals surface area contributed by atoms with Crippen molar-refractivity contribution in [3.8, 4) is 5.75 Å². The highest BCUT2D eigenvalue weighted by atomic mass is 16.5. The molecule has 1 aliphatic heterocycles. The van der Waals surface area contributed by atoms with Crippen LogP contribution in [0, 0.1) is 0 Å². The van der Waals surface area contributed by atoms with Crippen molar-refractivity contribution >= 4 is 5.82 Å². The number of anilines is 1. The summed E-state index contributed by atoms with van der Waals surface area (Å²) in [5.74, 6) is 2.38. The molecule has 19 heavy (non-hydrogen) atoms. The van der Waals surface area contributed by atoms with Crippen LogP contribution in [0.2, 0.25) is 0 Å². The first-order valence-electron chi connectivity index (χ1n) is 7.13. The standard InChI is InChI=1S/C15H25N3O/c1-11(2)14-8-13(19-4)9-15(17-14)18-7-5-6-12(18)10-16-3/h8-9,11-12,16H,5-7,10H2,1-4H3. The first-order valence-corrected chi connectivity index (χ1v) is 7.13. The van der Waals surface area contributed by atoms with Crippen LogP contribution < -0.4 is 15.0 Å². The summed E-state index contributed by atoms with van der Waals surface area (Å²) in [7, 11) is 3.73. The zero-order valence-corrected chi connectivity index (χ0v) is 12.4. The van der Waals surface area contributed by atoms with Gasteiger partial charge in [-0.1, -0.05) is 13.8 Å². The van der Waals surface area contributed by atoms with Crippen LogP contribution in [0.25, 0.3) is 0 Å². The smallest absolute Gasteiger partial charge is 0.132 e. The summed E-state index contributed by atoms with van der Waals surface area (Å²) in [4.78, 5) is 7.22. The molecule has 0 aliphatic carbocycles. The summed E-state index contributed by atoms with van der Waals surface area (Å²) in [6.07, 6.45) is 2.47. The minimum Gasteiger partial charge on any atom is -0.497 e. The summed E-state index contributed by atoms with van der Waals surface area (Å²) in [6, 6.07) is 4.64. The van der Waals surface area contributed by atoms with Gasteiger partial charge in [-0.15, -0.1) is 0 Å². The van der Waals surface area contributed by atoms with E-state index in [1.807, 2.05) is 13.1 Å². The van der Waals surface area contributed by atoms with Crippen molar-refractivity contribution in [2.45, 2.75) is 38.6 Å². The van der Waals surface area contributed by atoms with Crippen molar-refractivity contribution < 1.29 is 4.74 Å². The molecule has 2 heterocycles. The zero-order chi connectivity index (χ0) is 13.8. The average molecular weight is 263 g/mol. The lowest BCUT2D eigenvalue weighted by atomic mass is 10.1. The topological polar surface area (TPSA) is 37.4 Å². The number of methoxy groups -OCH3 is 1. The lowest BCUT2D eigenvalue weighted by Gasteiger charge is -2.26. The number of aromatic nitrogens is 1. The van der Waals surface area contributed by atoms with Gasteiger partial charge in [0.15, 0.2) is 0 Å². The van der Waals surface area contributed by atoms with Crippen LogP contribution >= 0.6 is 0 Å². The van der Waals surface area contributed by atoms with Crippen LogP contribution in [0.4, 0.5) is 5.82 Å². The fourth-order valence-corrected chi connectivity index (χ4v) is 2.66. The van der Waals surface area contributed by atoms with Gasteiger partial charge in [0.25, 0.3) is 0 Å². The Bertz CT molecular complexity index is 420. The molecular formula is C15H25N3O. The number of hydrogen-bond donors (Lipinski definition) is 1. The molecule has 1 aromatic rings. The second-order valence-corrected chi connectivity index (χ2v) is 5.49. The lowest BCUT2D eigenvalue weighted by molar-refractivity contribution is 0.413. The van der Waals surface area contributed by atoms with E-state index in [0.717, 1.165) is 30.4 Å². The van der Waals surface area contributed by atoms with Crippen LogP contribution in [-0.4, -0.2) is 38.3 Å². The van der Waals surface area contributed by atoms with Gasteiger partial charge in [-0.2, -0.15) is 0 Å². The predicted molar refractivity (Wildman–Crippen MR) is 79.2 cm³/mol. The first kappa shape index (κ1) is 14.1. The fourth-order valence-electron chi connectivity index (χ4n) is 2.66. The Morgan fingerprint density at radius 1 is 1.47 bits per heavy atom. The minimum atomic E-state index is 0.416. The second-order valence-electron chi connectivity index (χ2n) is 5.49. The maximum Gasteiger partial charge on any atom is 0.132 e. The molecule has 0 aromatic carbocycles. The number of rotatable bonds is 5. The molecule has 0 saturated carbocycles. The molecule has 2 rings (SSSR count). The van der Waals surface area contributed by atoms with Crippen LogP contribution in [0.15, 0.2) is 12.1 Å². The van der Waals surface area contributed by atoms with Gasteiger partial charge in [-0.05, 0) is 25.8 Å². The molecule has 1 aliphatic rings.